The van der Waals surface area contributed by atoms with E-state index in [9.17, 15) is 9.59 Å². The molecule has 2 rings (SSSR count). The zero-order valence-corrected chi connectivity index (χ0v) is 28.1. The van der Waals surface area contributed by atoms with Crippen LogP contribution in [0, 0.1) is 0 Å². The van der Waals surface area contributed by atoms with Gasteiger partial charge in [-0.05, 0) is 79.7 Å². The second kappa shape index (κ2) is 20.0. The van der Waals surface area contributed by atoms with Gasteiger partial charge in [-0.2, -0.15) is 0 Å². The summed E-state index contributed by atoms with van der Waals surface area (Å²) in [5.74, 6) is -0.0392. The Bertz CT molecular complexity index is 1010. The monoisotopic (exact) mass is 616 g/mol. The summed E-state index contributed by atoms with van der Waals surface area (Å²) in [6.45, 7) is 14.9. The number of rotatable bonds is 10. The summed E-state index contributed by atoms with van der Waals surface area (Å²) < 4.78 is 26.8. The van der Waals surface area contributed by atoms with Gasteiger partial charge in [-0.15, -0.1) is 0 Å². The fourth-order valence-electron chi connectivity index (χ4n) is 2.86. The molecule has 4 N–H and O–H groups in total. The summed E-state index contributed by atoms with van der Waals surface area (Å²) in [5, 5.41) is 9.69. The molecule has 2 aromatic rings. The number of carboxylic acids is 1. The molecular formula is C27H39Cl2NaO10. The molecular weight excluding hydrogens is 578 g/mol. The average Bonchev–Trinajstić information content (AvgIpc) is 2.77. The molecule has 0 bridgehead atoms. The predicted octanol–water partition coefficient (Wildman–Crippen LogP) is 3.32. The van der Waals surface area contributed by atoms with Gasteiger partial charge in [-0.25, -0.2) is 9.59 Å². The number of carbonyl (C=O) groups excluding carboxylic acids is 1. The minimum Gasteiger partial charge on any atom is -0.870 e. The first-order chi connectivity index (χ1) is 17.2. The number of halogens is 2. The van der Waals surface area contributed by atoms with Gasteiger partial charge in [0, 0.05) is 0 Å². The molecule has 0 atom stereocenters. The van der Waals surface area contributed by atoms with Gasteiger partial charge in [0.2, 0.25) is 0 Å². The Hall–Kier alpha value is -1.92. The Kier molecular flexibility index (Phi) is 21.3. The summed E-state index contributed by atoms with van der Waals surface area (Å²) in [6.07, 6.45) is -0.313. The van der Waals surface area contributed by atoms with Crippen molar-refractivity contribution in [3.63, 3.8) is 0 Å². The van der Waals surface area contributed by atoms with Crippen molar-refractivity contribution >= 4 is 35.1 Å². The van der Waals surface area contributed by atoms with Crippen molar-refractivity contribution in [2.24, 2.45) is 0 Å². The van der Waals surface area contributed by atoms with Crippen LogP contribution in [0.4, 0.5) is 0 Å². The molecule has 40 heavy (non-hydrogen) atoms. The zero-order valence-electron chi connectivity index (χ0n) is 24.6. The topological polar surface area (TPSA) is 162 Å². The Morgan fingerprint density at radius 3 is 1.10 bits per heavy atom. The minimum atomic E-state index is -1.05. The molecule has 0 aliphatic heterocycles. The molecule has 0 aliphatic rings. The predicted molar refractivity (Wildman–Crippen MR) is 150 cm³/mol. The molecule has 0 saturated carbocycles. The van der Waals surface area contributed by atoms with E-state index in [4.69, 9.17) is 52.0 Å². The molecule has 2 aromatic carbocycles. The summed E-state index contributed by atoms with van der Waals surface area (Å²) in [7, 11) is 1.32. The number of ether oxygens (including phenoxy) is 5. The van der Waals surface area contributed by atoms with Crippen molar-refractivity contribution in [1.29, 1.82) is 0 Å². The van der Waals surface area contributed by atoms with E-state index in [0.29, 0.717) is 38.6 Å². The van der Waals surface area contributed by atoms with Crippen LogP contribution in [-0.2, 0) is 4.74 Å². The molecule has 0 spiro atoms. The van der Waals surface area contributed by atoms with E-state index < -0.39 is 11.9 Å². The number of carboxylic acid groups (broad SMARTS) is 1. The van der Waals surface area contributed by atoms with Crippen molar-refractivity contribution in [1.82, 2.24) is 0 Å². The van der Waals surface area contributed by atoms with Crippen molar-refractivity contribution in [2.45, 2.75) is 79.8 Å². The first-order valence-corrected chi connectivity index (χ1v) is 12.6. The molecule has 10 nitrogen and oxygen atoms in total. The Labute approximate surface area is 268 Å². The van der Waals surface area contributed by atoms with E-state index in [1.54, 1.807) is 12.1 Å². The molecule has 222 valence electrons. The smallest absolute Gasteiger partial charge is 0.870 e. The first-order valence-electron chi connectivity index (χ1n) is 11.8. The molecule has 0 radical (unpaired) electrons. The molecule has 0 unspecified atom stereocenters. The van der Waals surface area contributed by atoms with Crippen molar-refractivity contribution in [2.75, 3.05) is 7.11 Å². The third kappa shape index (κ3) is 14.1. The van der Waals surface area contributed by atoms with Crippen LogP contribution in [0.2, 0.25) is 10.0 Å². The molecule has 0 heterocycles. The SMILES string of the molecule is CC(C)Oc1cc(C(=O)O)cc(OC(C)C)c1Cl.COC(=O)c1cc(OC(C)C)c(Cl)c(OC(C)C)c1.O.[Na+].[OH-]. The summed E-state index contributed by atoms with van der Waals surface area (Å²) in [5.41, 5.74) is 0.434. The number of carbonyl (C=O) groups is 2. The fraction of sp³-hybridized carbons (Fsp3) is 0.481. The van der Waals surface area contributed by atoms with Crippen molar-refractivity contribution in [3.05, 3.63) is 45.4 Å². The number of esters is 1. The van der Waals surface area contributed by atoms with Gasteiger partial charge in [0.1, 0.15) is 33.0 Å². The maximum Gasteiger partial charge on any atom is 1.00 e. The van der Waals surface area contributed by atoms with Crippen molar-refractivity contribution in [3.8, 4) is 23.0 Å². The Morgan fingerprint density at radius 1 is 0.650 bits per heavy atom. The maximum atomic E-state index is 11.6. The van der Waals surface area contributed by atoms with Gasteiger partial charge in [0.15, 0.2) is 0 Å². The van der Waals surface area contributed by atoms with Crippen molar-refractivity contribution < 1.29 is 78.9 Å². The van der Waals surface area contributed by atoms with Crippen LogP contribution in [0.3, 0.4) is 0 Å². The quantitative estimate of drug-likeness (QED) is 0.311. The largest absolute Gasteiger partial charge is 1.00 e. The van der Waals surface area contributed by atoms with E-state index in [0.717, 1.165) is 0 Å². The molecule has 0 aromatic heterocycles. The molecule has 13 heteroatoms. The van der Waals surface area contributed by atoms with Crippen LogP contribution in [0.1, 0.15) is 76.1 Å². The van der Waals surface area contributed by atoms with E-state index in [2.05, 4.69) is 0 Å². The maximum absolute atomic E-state index is 11.6. The standard InChI is InChI=1S/C14H19ClO4.C13H17ClO4.Na.2H2O/c1-8(2)18-11-6-10(14(16)17-5)7-12(13(11)15)19-9(3)4;1-7(2)17-10-5-9(13(15)16)6-11(12(10)14)18-8(3)4;;;/h6-9H,1-5H3;5-8H,1-4H3,(H,15,16);;2*1H2/q;;+1;;/p-1. The third-order valence-corrected chi connectivity index (χ3v) is 4.88. The number of aromatic carboxylic acids is 1. The van der Waals surface area contributed by atoms with E-state index in [1.165, 1.54) is 19.2 Å². The van der Waals surface area contributed by atoms with Crippen LogP contribution in [-0.4, -0.2) is 59.5 Å². The average molecular weight is 617 g/mol. The van der Waals surface area contributed by atoms with Gasteiger partial charge in [0.05, 0.1) is 42.7 Å². The van der Waals surface area contributed by atoms with E-state index in [1.807, 2.05) is 55.4 Å². The molecule has 0 fully saturated rings. The second-order valence-corrected chi connectivity index (χ2v) is 9.79. The number of benzene rings is 2. The van der Waals surface area contributed by atoms with Gasteiger partial charge < -0.3 is 39.7 Å². The normalized spacial score (nSPS) is 9.97. The Morgan fingerprint density at radius 2 is 0.900 bits per heavy atom. The number of hydrogen-bond donors (Lipinski definition) is 1. The van der Waals surface area contributed by atoms with Gasteiger partial charge >= 0.3 is 41.5 Å². The van der Waals surface area contributed by atoms with Crippen LogP contribution in [0.25, 0.3) is 0 Å². The fourth-order valence-corrected chi connectivity index (χ4v) is 3.26. The summed E-state index contributed by atoms with van der Waals surface area (Å²) in [6, 6.07) is 5.92. The number of methoxy groups -OCH3 is 1. The van der Waals surface area contributed by atoms with Gasteiger partial charge in [0.25, 0.3) is 0 Å². The third-order valence-electron chi connectivity index (χ3n) is 4.13. The summed E-state index contributed by atoms with van der Waals surface area (Å²) in [4.78, 5) is 22.7. The van der Waals surface area contributed by atoms with Gasteiger partial charge in [-0.1, -0.05) is 23.2 Å². The van der Waals surface area contributed by atoms with E-state index >= 15 is 0 Å². The summed E-state index contributed by atoms with van der Waals surface area (Å²) >= 11 is 12.3. The van der Waals surface area contributed by atoms with Crippen LogP contribution in [0.15, 0.2) is 24.3 Å². The molecule has 0 amide bonds. The second-order valence-electron chi connectivity index (χ2n) is 9.04. The van der Waals surface area contributed by atoms with Crippen LogP contribution >= 0.6 is 23.2 Å². The zero-order chi connectivity index (χ0) is 28.4. The van der Waals surface area contributed by atoms with E-state index in [-0.39, 0.29) is 70.5 Å². The Balaban J connectivity index is -0.000000637. The molecule has 0 aliphatic carbocycles. The number of hydrogen-bond acceptors (Lipinski definition) is 8. The minimum absolute atomic E-state index is 0. The first kappa shape index (κ1) is 42.5. The van der Waals surface area contributed by atoms with Gasteiger partial charge in [-0.3, -0.25) is 0 Å². The van der Waals surface area contributed by atoms with Crippen LogP contribution < -0.4 is 48.5 Å². The molecule has 0 saturated heterocycles. The van der Waals surface area contributed by atoms with Crippen LogP contribution in [0.5, 0.6) is 23.0 Å².